The van der Waals surface area contributed by atoms with Crippen LogP contribution in [0.5, 0.6) is 0 Å². The molecule has 1 N–H and O–H groups in total. The Hall–Kier alpha value is -0.610. The zero-order valence-electron chi connectivity index (χ0n) is 8.89. The maximum Gasteiger partial charge on any atom is 0.159 e. The summed E-state index contributed by atoms with van der Waals surface area (Å²) >= 11 is 1.77. The van der Waals surface area contributed by atoms with E-state index in [-0.39, 0.29) is 6.04 Å². The molecule has 0 radical (unpaired) electrons. The fourth-order valence-electron chi connectivity index (χ4n) is 1.31. The van der Waals surface area contributed by atoms with Crippen molar-refractivity contribution in [2.24, 2.45) is 0 Å². The van der Waals surface area contributed by atoms with Gasteiger partial charge in [-0.25, -0.2) is 8.78 Å². The SMILES string of the molecule is CCSCC(NC)c1ccc(F)c(F)c1. The van der Waals surface area contributed by atoms with E-state index in [2.05, 4.69) is 12.2 Å². The lowest BCUT2D eigenvalue weighted by Crippen LogP contribution is -2.19. The van der Waals surface area contributed by atoms with Crippen molar-refractivity contribution in [3.63, 3.8) is 0 Å². The minimum absolute atomic E-state index is 0.0741. The normalized spacial score (nSPS) is 12.8. The lowest BCUT2D eigenvalue weighted by atomic mass is 10.1. The second-order valence-electron chi connectivity index (χ2n) is 3.17. The lowest BCUT2D eigenvalue weighted by Gasteiger charge is -2.15. The van der Waals surface area contributed by atoms with Crippen LogP contribution >= 0.6 is 11.8 Å². The Kier molecular flexibility index (Phi) is 5.05. The van der Waals surface area contributed by atoms with E-state index in [1.165, 1.54) is 12.1 Å². The topological polar surface area (TPSA) is 12.0 Å². The lowest BCUT2D eigenvalue weighted by molar-refractivity contribution is 0.504. The monoisotopic (exact) mass is 231 g/mol. The van der Waals surface area contributed by atoms with Crippen molar-refractivity contribution in [1.29, 1.82) is 0 Å². The van der Waals surface area contributed by atoms with Crippen molar-refractivity contribution in [3.8, 4) is 0 Å². The fourth-order valence-corrected chi connectivity index (χ4v) is 2.14. The molecule has 0 saturated heterocycles. The van der Waals surface area contributed by atoms with Gasteiger partial charge < -0.3 is 5.32 Å². The maximum absolute atomic E-state index is 13.0. The summed E-state index contributed by atoms with van der Waals surface area (Å²) in [6, 6.07) is 4.12. The molecule has 0 spiro atoms. The Balaban J connectivity index is 2.78. The standard InChI is InChI=1S/C11H15F2NS/c1-3-15-7-11(14-2)8-4-5-9(12)10(13)6-8/h4-6,11,14H,3,7H2,1-2H3. The number of benzene rings is 1. The van der Waals surface area contributed by atoms with Crippen LogP contribution in [0.15, 0.2) is 18.2 Å². The van der Waals surface area contributed by atoms with Crippen molar-refractivity contribution >= 4 is 11.8 Å². The van der Waals surface area contributed by atoms with Gasteiger partial charge in [0.1, 0.15) is 0 Å². The summed E-state index contributed by atoms with van der Waals surface area (Å²) in [6.07, 6.45) is 0. The van der Waals surface area contributed by atoms with Gasteiger partial charge in [0.2, 0.25) is 0 Å². The van der Waals surface area contributed by atoms with E-state index in [9.17, 15) is 8.78 Å². The van der Waals surface area contributed by atoms with Crippen LogP contribution in [0.4, 0.5) is 8.78 Å². The van der Waals surface area contributed by atoms with Gasteiger partial charge in [-0.05, 0) is 30.5 Å². The van der Waals surface area contributed by atoms with E-state index in [0.717, 1.165) is 17.1 Å². The largest absolute Gasteiger partial charge is 0.312 e. The van der Waals surface area contributed by atoms with Gasteiger partial charge in [0.25, 0.3) is 0 Å². The number of rotatable bonds is 5. The van der Waals surface area contributed by atoms with Gasteiger partial charge in [-0.1, -0.05) is 13.0 Å². The summed E-state index contributed by atoms with van der Waals surface area (Å²) in [5.41, 5.74) is 0.789. The molecular formula is C11H15F2NS. The van der Waals surface area contributed by atoms with E-state index in [0.29, 0.717) is 0 Å². The zero-order chi connectivity index (χ0) is 11.3. The molecule has 15 heavy (non-hydrogen) atoms. The van der Waals surface area contributed by atoms with Crippen LogP contribution in [0.25, 0.3) is 0 Å². The third-order valence-corrected chi connectivity index (χ3v) is 3.16. The molecule has 0 aliphatic rings. The molecule has 0 saturated carbocycles. The van der Waals surface area contributed by atoms with Gasteiger partial charge in [0.05, 0.1) is 0 Å². The number of nitrogens with one attached hydrogen (secondary N) is 1. The molecule has 1 aromatic rings. The molecule has 1 rings (SSSR count). The zero-order valence-corrected chi connectivity index (χ0v) is 9.70. The molecule has 0 aliphatic heterocycles. The molecule has 4 heteroatoms. The Bertz CT molecular complexity index is 317. The van der Waals surface area contributed by atoms with E-state index in [4.69, 9.17) is 0 Å². The molecule has 1 aromatic carbocycles. The summed E-state index contributed by atoms with van der Waals surface area (Å²) in [5.74, 6) is 0.297. The van der Waals surface area contributed by atoms with Crippen molar-refractivity contribution in [1.82, 2.24) is 5.32 Å². The number of thioether (sulfide) groups is 1. The first-order valence-corrected chi connectivity index (χ1v) is 6.04. The van der Waals surface area contributed by atoms with Crippen LogP contribution in [0.3, 0.4) is 0 Å². The third-order valence-electron chi connectivity index (χ3n) is 2.18. The van der Waals surface area contributed by atoms with E-state index in [1.807, 2.05) is 7.05 Å². The highest BCUT2D eigenvalue weighted by Crippen LogP contribution is 2.19. The second kappa shape index (κ2) is 6.08. The average Bonchev–Trinajstić information content (AvgIpc) is 2.24. The summed E-state index contributed by atoms with van der Waals surface area (Å²) in [7, 11) is 1.82. The van der Waals surface area contributed by atoms with Gasteiger partial charge in [-0.2, -0.15) is 11.8 Å². The second-order valence-corrected chi connectivity index (χ2v) is 4.49. The van der Waals surface area contributed by atoms with Crippen LogP contribution in [0.2, 0.25) is 0 Å². The average molecular weight is 231 g/mol. The van der Waals surface area contributed by atoms with E-state index in [1.54, 1.807) is 17.8 Å². The Morgan fingerprint density at radius 1 is 1.33 bits per heavy atom. The molecule has 0 aromatic heterocycles. The molecule has 1 atom stereocenters. The Morgan fingerprint density at radius 2 is 2.07 bits per heavy atom. The Labute approximate surface area is 93.3 Å². The predicted octanol–water partition coefficient (Wildman–Crippen LogP) is 2.98. The van der Waals surface area contributed by atoms with Crippen LogP contribution in [-0.2, 0) is 0 Å². The number of hydrogen-bond donors (Lipinski definition) is 1. The van der Waals surface area contributed by atoms with Crippen LogP contribution in [-0.4, -0.2) is 18.6 Å². The van der Waals surface area contributed by atoms with Gasteiger partial charge >= 0.3 is 0 Å². The molecule has 1 nitrogen and oxygen atoms in total. The molecule has 84 valence electrons. The molecule has 0 amide bonds. The highest BCUT2D eigenvalue weighted by molar-refractivity contribution is 7.99. The van der Waals surface area contributed by atoms with E-state index < -0.39 is 11.6 Å². The molecule has 0 fully saturated rings. The first-order chi connectivity index (χ1) is 7.19. The quantitative estimate of drug-likeness (QED) is 0.836. The number of halogens is 2. The van der Waals surface area contributed by atoms with Crippen molar-refractivity contribution in [3.05, 3.63) is 35.4 Å². The predicted molar refractivity (Wildman–Crippen MR) is 61.2 cm³/mol. The Morgan fingerprint density at radius 3 is 2.60 bits per heavy atom. The molecule has 1 unspecified atom stereocenters. The van der Waals surface area contributed by atoms with Crippen molar-refractivity contribution in [2.75, 3.05) is 18.6 Å². The van der Waals surface area contributed by atoms with E-state index >= 15 is 0 Å². The van der Waals surface area contributed by atoms with Gasteiger partial charge in [0, 0.05) is 11.8 Å². The van der Waals surface area contributed by atoms with Gasteiger partial charge in [0.15, 0.2) is 11.6 Å². The first-order valence-electron chi connectivity index (χ1n) is 4.89. The first kappa shape index (κ1) is 12.5. The molecule has 0 heterocycles. The summed E-state index contributed by atoms with van der Waals surface area (Å²) in [5, 5.41) is 3.09. The highest BCUT2D eigenvalue weighted by atomic mass is 32.2. The highest BCUT2D eigenvalue weighted by Gasteiger charge is 2.11. The van der Waals surface area contributed by atoms with Gasteiger partial charge in [-0.3, -0.25) is 0 Å². The van der Waals surface area contributed by atoms with Crippen LogP contribution < -0.4 is 5.32 Å². The minimum Gasteiger partial charge on any atom is -0.312 e. The van der Waals surface area contributed by atoms with Crippen molar-refractivity contribution < 1.29 is 8.78 Å². The third kappa shape index (κ3) is 3.47. The maximum atomic E-state index is 13.0. The smallest absolute Gasteiger partial charge is 0.159 e. The fraction of sp³-hybridized carbons (Fsp3) is 0.455. The van der Waals surface area contributed by atoms with Crippen LogP contribution in [0.1, 0.15) is 18.5 Å². The van der Waals surface area contributed by atoms with Gasteiger partial charge in [-0.15, -0.1) is 0 Å². The summed E-state index contributed by atoms with van der Waals surface area (Å²) in [4.78, 5) is 0. The molecule has 0 bridgehead atoms. The minimum atomic E-state index is -0.795. The summed E-state index contributed by atoms with van der Waals surface area (Å²) in [6.45, 7) is 2.07. The molecular weight excluding hydrogens is 216 g/mol. The van der Waals surface area contributed by atoms with Crippen molar-refractivity contribution in [2.45, 2.75) is 13.0 Å². The summed E-state index contributed by atoms with van der Waals surface area (Å²) < 4.78 is 25.7. The van der Waals surface area contributed by atoms with Crippen LogP contribution in [0, 0.1) is 11.6 Å². The molecule has 0 aliphatic carbocycles. The number of hydrogen-bond acceptors (Lipinski definition) is 2.